The van der Waals surface area contributed by atoms with E-state index in [9.17, 15) is 4.79 Å². The van der Waals surface area contributed by atoms with Gasteiger partial charge in [-0.3, -0.25) is 4.98 Å². The van der Waals surface area contributed by atoms with Crippen molar-refractivity contribution in [2.45, 2.75) is 6.54 Å². The number of urea groups is 1. The van der Waals surface area contributed by atoms with Crippen LogP contribution in [0.2, 0.25) is 0 Å². The van der Waals surface area contributed by atoms with E-state index in [0.29, 0.717) is 29.4 Å². The minimum Gasteiger partial charge on any atom is -0.495 e. The zero-order chi connectivity index (χ0) is 22.7. The molecule has 0 spiro atoms. The van der Waals surface area contributed by atoms with Gasteiger partial charge in [0.2, 0.25) is 0 Å². The van der Waals surface area contributed by atoms with E-state index in [1.54, 1.807) is 32.7 Å². The van der Waals surface area contributed by atoms with Crippen LogP contribution in [0.1, 0.15) is 5.56 Å². The van der Waals surface area contributed by atoms with E-state index in [1.807, 2.05) is 71.5 Å². The van der Waals surface area contributed by atoms with Crippen molar-refractivity contribution in [1.29, 1.82) is 0 Å². The number of hydrogen-bond acceptors (Lipinski definition) is 4. The molecule has 0 saturated carbocycles. The Morgan fingerprint density at radius 1 is 1.09 bits per heavy atom. The first-order valence-electron chi connectivity index (χ1n) is 9.67. The van der Waals surface area contributed by atoms with Crippen LogP contribution in [-0.4, -0.2) is 29.8 Å². The SMILES string of the molecule is COc1ccc(Br)cc1N(I)C(=O)Nc1c(OC)ccc2c1ccn2Cc1ccncc1. The third-order valence-electron chi connectivity index (χ3n) is 5.00. The van der Waals surface area contributed by atoms with E-state index >= 15 is 0 Å². The Labute approximate surface area is 208 Å². The highest BCUT2D eigenvalue weighted by atomic mass is 127. The molecule has 0 unspecified atom stereocenters. The number of rotatable bonds is 6. The van der Waals surface area contributed by atoms with Crippen molar-refractivity contribution in [3.8, 4) is 11.5 Å². The van der Waals surface area contributed by atoms with Gasteiger partial charge in [0.15, 0.2) is 0 Å². The zero-order valence-corrected chi connectivity index (χ0v) is 21.1. The molecule has 0 aliphatic carbocycles. The first-order chi connectivity index (χ1) is 15.5. The molecule has 7 nitrogen and oxygen atoms in total. The first-order valence-corrected chi connectivity index (χ1v) is 11.4. The summed E-state index contributed by atoms with van der Waals surface area (Å²) in [5.41, 5.74) is 3.36. The molecule has 0 bridgehead atoms. The number of halogens is 2. The van der Waals surface area contributed by atoms with Gasteiger partial charge in [0.25, 0.3) is 0 Å². The van der Waals surface area contributed by atoms with Crippen LogP contribution in [0, 0.1) is 0 Å². The van der Waals surface area contributed by atoms with Crippen LogP contribution in [0.4, 0.5) is 16.2 Å². The van der Waals surface area contributed by atoms with Crippen LogP contribution in [0.25, 0.3) is 10.9 Å². The topological polar surface area (TPSA) is 68.6 Å². The number of benzene rings is 2. The molecule has 2 amide bonds. The average Bonchev–Trinajstić information content (AvgIpc) is 3.22. The lowest BCUT2D eigenvalue weighted by molar-refractivity contribution is 0.260. The van der Waals surface area contributed by atoms with Crippen molar-refractivity contribution >= 4 is 67.1 Å². The summed E-state index contributed by atoms with van der Waals surface area (Å²) in [7, 11) is 3.16. The largest absolute Gasteiger partial charge is 0.495 e. The lowest BCUT2D eigenvalue weighted by atomic mass is 10.2. The number of methoxy groups -OCH3 is 2. The summed E-state index contributed by atoms with van der Waals surface area (Å²) in [4.78, 5) is 17.2. The van der Waals surface area contributed by atoms with Gasteiger partial charge in [0.05, 0.1) is 54.0 Å². The Bertz CT molecular complexity index is 1260. The van der Waals surface area contributed by atoms with Gasteiger partial charge in [-0.25, -0.2) is 7.91 Å². The number of pyridine rings is 1. The summed E-state index contributed by atoms with van der Waals surface area (Å²) >= 11 is 5.41. The van der Waals surface area contributed by atoms with Crippen LogP contribution >= 0.6 is 38.8 Å². The van der Waals surface area contributed by atoms with Crippen LogP contribution in [0.5, 0.6) is 11.5 Å². The number of anilines is 2. The summed E-state index contributed by atoms with van der Waals surface area (Å²) < 4.78 is 15.4. The summed E-state index contributed by atoms with van der Waals surface area (Å²) in [6.07, 6.45) is 5.56. The molecular weight excluding hydrogens is 587 g/mol. The summed E-state index contributed by atoms with van der Waals surface area (Å²) in [5, 5.41) is 3.90. The first kappa shape index (κ1) is 22.4. The Morgan fingerprint density at radius 3 is 2.53 bits per heavy atom. The molecule has 1 N–H and O–H groups in total. The fraction of sp³-hybridized carbons (Fsp3) is 0.130. The van der Waals surface area contributed by atoms with Gasteiger partial charge in [0, 0.05) is 35.0 Å². The normalized spacial score (nSPS) is 10.8. The van der Waals surface area contributed by atoms with Gasteiger partial charge < -0.3 is 19.4 Å². The summed E-state index contributed by atoms with van der Waals surface area (Å²) in [5.74, 6) is 1.17. The standard InChI is InChI=1S/C23H20BrIN4O3/c1-31-20-5-3-16(24)13-19(20)29(25)23(30)27-22-17-9-12-28(14-15-7-10-26-11-8-15)18(17)4-6-21(22)32-2/h3-13H,14H2,1-2H3,(H,27,30). The van der Waals surface area contributed by atoms with E-state index in [-0.39, 0.29) is 6.03 Å². The van der Waals surface area contributed by atoms with E-state index in [2.05, 4.69) is 30.8 Å². The monoisotopic (exact) mass is 606 g/mol. The van der Waals surface area contributed by atoms with Crippen molar-refractivity contribution in [3.63, 3.8) is 0 Å². The molecule has 0 aliphatic heterocycles. The Kier molecular flexibility index (Phi) is 6.85. The number of aromatic nitrogens is 2. The molecule has 2 aromatic carbocycles. The highest BCUT2D eigenvalue weighted by molar-refractivity contribution is 14.1. The second kappa shape index (κ2) is 9.78. The highest BCUT2D eigenvalue weighted by Gasteiger charge is 2.21. The molecule has 164 valence electrons. The van der Waals surface area contributed by atoms with Crippen molar-refractivity contribution in [3.05, 3.63) is 77.2 Å². The van der Waals surface area contributed by atoms with Crippen molar-refractivity contribution < 1.29 is 14.3 Å². The number of ether oxygens (including phenoxy) is 2. The van der Waals surface area contributed by atoms with Crippen LogP contribution in [0.3, 0.4) is 0 Å². The molecule has 2 aromatic heterocycles. The van der Waals surface area contributed by atoms with Gasteiger partial charge in [0.1, 0.15) is 11.5 Å². The maximum absolute atomic E-state index is 13.2. The molecule has 0 aliphatic rings. The van der Waals surface area contributed by atoms with Crippen molar-refractivity contribution in [1.82, 2.24) is 9.55 Å². The molecular formula is C23H20BrIN4O3. The smallest absolute Gasteiger partial charge is 0.335 e. The summed E-state index contributed by atoms with van der Waals surface area (Å²) in [6, 6.07) is 15.0. The predicted molar refractivity (Wildman–Crippen MR) is 138 cm³/mol. The fourth-order valence-electron chi connectivity index (χ4n) is 3.46. The number of nitrogens with one attached hydrogen (secondary N) is 1. The third kappa shape index (κ3) is 4.53. The molecule has 32 heavy (non-hydrogen) atoms. The lowest BCUT2D eigenvalue weighted by Crippen LogP contribution is -2.26. The lowest BCUT2D eigenvalue weighted by Gasteiger charge is -2.20. The molecule has 9 heteroatoms. The second-order valence-electron chi connectivity index (χ2n) is 6.90. The van der Waals surface area contributed by atoms with Gasteiger partial charge in [-0.05, 0) is 54.1 Å². The molecule has 0 atom stereocenters. The van der Waals surface area contributed by atoms with Gasteiger partial charge >= 0.3 is 6.03 Å². The minimum atomic E-state index is -0.324. The number of amides is 2. The number of carbonyl (C=O) groups is 1. The van der Waals surface area contributed by atoms with Crippen LogP contribution < -0.4 is 17.9 Å². The highest BCUT2D eigenvalue weighted by Crippen LogP contribution is 2.37. The quantitative estimate of drug-likeness (QED) is 0.208. The molecule has 0 fully saturated rings. The van der Waals surface area contributed by atoms with Crippen LogP contribution in [0.15, 0.2) is 71.6 Å². The Morgan fingerprint density at radius 2 is 1.81 bits per heavy atom. The maximum atomic E-state index is 13.2. The zero-order valence-electron chi connectivity index (χ0n) is 17.4. The number of fused-ring (bicyclic) bond motifs is 1. The van der Waals surface area contributed by atoms with Crippen LogP contribution in [-0.2, 0) is 6.54 Å². The molecule has 0 saturated heterocycles. The minimum absolute atomic E-state index is 0.324. The van der Waals surface area contributed by atoms with Crippen molar-refractivity contribution in [2.75, 3.05) is 22.6 Å². The van der Waals surface area contributed by atoms with Gasteiger partial charge in [-0.1, -0.05) is 15.9 Å². The predicted octanol–water partition coefficient (Wildman–Crippen LogP) is 6.25. The maximum Gasteiger partial charge on any atom is 0.335 e. The van der Waals surface area contributed by atoms with Gasteiger partial charge in [-0.2, -0.15) is 0 Å². The fourth-order valence-corrected chi connectivity index (χ4v) is 4.30. The molecule has 0 radical (unpaired) electrons. The van der Waals surface area contributed by atoms with E-state index in [1.165, 1.54) is 3.11 Å². The molecule has 2 heterocycles. The van der Waals surface area contributed by atoms with E-state index in [0.717, 1.165) is 20.9 Å². The molecule has 4 aromatic rings. The number of carbonyl (C=O) groups excluding carboxylic acids is 1. The summed E-state index contributed by atoms with van der Waals surface area (Å²) in [6.45, 7) is 0.694. The number of hydrogen-bond donors (Lipinski definition) is 1. The van der Waals surface area contributed by atoms with Crippen molar-refractivity contribution in [2.24, 2.45) is 0 Å². The average molecular weight is 607 g/mol. The Hall–Kier alpha value is -2.79. The third-order valence-corrected chi connectivity index (χ3v) is 6.45. The van der Waals surface area contributed by atoms with E-state index < -0.39 is 0 Å². The molecule has 4 rings (SSSR count). The number of nitrogens with zero attached hydrogens (tertiary/aromatic N) is 3. The Balaban J connectivity index is 1.67. The second-order valence-corrected chi connectivity index (χ2v) is 8.78. The van der Waals surface area contributed by atoms with E-state index in [4.69, 9.17) is 9.47 Å². The van der Waals surface area contributed by atoms with Gasteiger partial charge in [-0.15, -0.1) is 0 Å².